The summed E-state index contributed by atoms with van der Waals surface area (Å²) in [4.78, 5) is 6.25. The van der Waals surface area contributed by atoms with Gasteiger partial charge in [0.15, 0.2) is 0 Å². The Bertz CT molecular complexity index is 565. The number of aryl methyl sites for hydroxylation is 1. The predicted molar refractivity (Wildman–Crippen MR) is 80.0 cm³/mol. The van der Waals surface area contributed by atoms with Gasteiger partial charge in [-0.15, -0.1) is 11.3 Å². The van der Waals surface area contributed by atoms with Crippen LogP contribution in [-0.2, 0) is 6.42 Å². The van der Waals surface area contributed by atoms with Crippen LogP contribution < -0.4 is 5.32 Å². The maximum absolute atomic E-state index is 4.82. The van der Waals surface area contributed by atoms with Gasteiger partial charge >= 0.3 is 0 Å². The molecule has 0 saturated heterocycles. The van der Waals surface area contributed by atoms with E-state index in [4.69, 9.17) is 4.98 Å². The maximum Gasteiger partial charge on any atom is 0.123 e. The lowest BCUT2D eigenvalue weighted by Crippen LogP contribution is -2.19. The number of benzene rings is 1. The topological polar surface area (TPSA) is 24.9 Å². The zero-order chi connectivity index (χ0) is 12.5. The van der Waals surface area contributed by atoms with Crippen LogP contribution in [0.15, 0.2) is 28.7 Å². The third-order valence-electron chi connectivity index (χ3n) is 3.37. The van der Waals surface area contributed by atoms with Crippen molar-refractivity contribution in [3.05, 3.63) is 39.3 Å². The fourth-order valence-electron chi connectivity index (χ4n) is 2.44. The lowest BCUT2D eigenvalue weighted by molar-refractivity contribution is 0.501. The molecule has 1 aliphatic carbocycles. The number of hydrogen-bond acceptors (Lipinski definition) is 3. The number of halogens is 1. The number of fused-ring (bicyclic) bond motifs is 1. The van der Waals surface area contributed by atoms with Gasteiger partial charge in [-0.2, -0.15) is 0 Å². The van der Waals surface area contributed by atoms with Crippen molar-refractivity contribution in [2.24, 2.45) is 0 Å². The van der Waals surface area contributed by atoms with Gasteiger partial charge in [0.2, 0.25) is 0 Å². The largest absolute Gasteiger partial charge is 0.312 e. The molecule has 4 heteroatoms. The van der Waals surface area contributed by atoms with Gasteiger partial charge in [-0.05, 0) is 38.4 Å². The third kappa shape index (κ3) is 2.25. The summed E-state index contributed by atoms with van der Waals surface area (Å²) in [5.41, 5.74) is 2.50. The fraction of sp³-hybridized carbons (Fsp3) is 0.357. The number of nitrogens with zero attached hydrogens (tertiary/aromatic N) is 1. The van der Waals surface area contributed by atoms with Crippen LogP contribution in [0.2, 0.25) is 0 Å². The number of hydrogen-bond donors (Lipinski definition) is 1. The van der Waals surface area contributed by atoms with Gasteiger partial charge in [-0.3, -0.25) is 0 Å². The highest BCUT2D eigenvalue weighted by Gasteiger charge is 2.23. The van der Waals surface area contributed by atoms with Crippen molar-refractivity contribution in [3.8, 4) is 10.6 Å². The van der Waals surface area contributed by atoms with Crippen LogP contribution in [0.1, 0.15) is 29.5 Å². The molecule has 0 saturated carbocycles. The molecule has 18 heavy (non-hydrogen) atoms. The molecular weight excluding hydrogens is 308 g/mol. The van der Waals surface area contributed by atoms with Crippen molar-refractivity contribution < 1.29 is 0 Å². The van der Waals surface area contributed by atoms with Crippen LogP contribution in [-0.4, -0.2) is 12.0 Å². The molecular formula is C14H15BrN2S. The predicted octanol–water partition coefficient (Wildman–Crippen LogP) is 4.17. The summed E-state index contributed by atoms with van der Waals surface area (Å²) in [5, 5.41) is 4.54. The van der Waals surface area contributed by atoms with Gasteiger partial charge in [-0.1, -0.05) is 28.1 Å². The molecule has 0 amide bonds. The molecule has 0 bridgehead atoms. The molecule has 2 aromatic rings. The first-order valence-corrected chi connectivity index (χ1v) is 7.81. The third-order valence-corrected chi connectivity index (χ3v) is 5.12. The molecule has 3 rings (SSSR count). The van der Waals surface area contributed by atoms with E-state index >= 15 is 0 Å². The van der Waals surface area contributed by atoms with Crippen LogP contribution in [0.5, 0.6) is 0 Å². The molecule has 1 aliphatic rings. The first-order valence-electron chi connectivity index (χ1n) is 6.20. The molecule has 0 fully saturated rings. The summed E-state index contributed by atoms with van der Waals surface area (Å²) >= 11 is 5.36. The van der Waals surface area contributed by atoms with Gasteiger partial charge in [-0.25, -0.2) is 4.98 Å². The summed E-state index contributed by atoms with van der Waals surface area (Å²) in [7, 11) is 2.04. The number of aromatic nitrogens is 1. The molecule has 0 aliphatic heterocycles. The minimum Gasteiger partial charge on any atom is -0.312 e. The quantitative estimate of drug-likeness (QED) is 0.897. The summed E-state index contributed by atoms with van der Waals surface area (Å²) < 4.78 is 1.11. The van der Waals surface area contributed by atoms with Gasteiger partial charge < -0.3 is 5.32 Å². The van der Waals surface area contributed by atoms with Crippen LogP contribution in [0.25, 0.3) is 10.6 Å². The highest BCUT2D eigenvalue weighted by molar-refractivity contribution is 9.10. The highest BCUT2D eigenvalue weighted by Crippen LogP contribution is 2.38. The average Bonchev–Trinajstić information content (AvgIpc) is 2.82. The fourth-order valence-corrected chi connectivity index (χ4v) is 4.09. The lowest BCUT2D eigenvalue weighted by atomic mass is 9.98. The van der Waals surface area contributed by atoms with E-state index in [1.807, 2.05) is 24.5 Å². The Morgan fingerprint density at radius 3 is 3.11 bits per heavy atom. The van der Waals surface area contributed by atoms with Crippen molar-refractivity contribution in [3.63, 3.8) is 0 Å². The molecule has 1 atom stereocenters. The van der Waals surface area contributed by atoms with E-state index in [1.54, 1.807) is 0 Å². The van der Waals surface area contributed by atoms with E-state index in [0.717, 1.165) is 15.9 Å². The maximum atomic E-state index is 4.82. The van der Waals surface area contributed by atoms with Gasteiger partial charge in [0.05, 0.1) is 5.69 Å². The van der Waals surface area contributed by atoms with Crippen LogP contribution in [0, 0.1) is 0 Å². The van der Waals surface area contributed by atoms with Crippen molar-refractivity contribution >= 4 is 27.3 Å². The Morgan fingerprint density at radius 1 is 1.44 bits per heavy atom. The molecule has 0 radical (unpaired) electrons. The van der Waals surface area contributed by atoms with Crippen molar-refractivity contribution in [2.75, 3.05) is 7.05 Å². The Kier molecular flexibility index (Phi) is 3.50. The van der Waals surface area contributed by atoms with E-state index in [0.29, 0.717) is 6.04 Å². The second-order valence-electron chi connectivity index (χ2n) is 4.57. The highest BCUT2D eigenvalue weighted by atomic mass is 79.9. The Morgan fingerprint density at radius 2 is 2.33 bits per heavy atom. The van der Waals surface area contributed by atoms with Crippen molar-refractivity contribution in [1.82, 2.24) is 10.3 Å². The number of thiazole rings is 1. The van der Waals surface area contributed by atoms with E-state index in [-0.39, 0.29) is 0 Å². The zero-order valence-corrected chi connectivity index (χ0v) is 12.6. The second kappa shape index (κ2) is 5.11. The van der Waals surface area contributed by atoms with Crippen molar-refractivity contribution in [1.29, 1.82) is 0 Å². The van der Waals surface area contributed by atoms with E-state index in [1.165, 1.54) is 29.0 Å². The lowest BCUT2D eigenvalue weighted by Gasteiger charge is -2.19. The van der Waals surface area contributed by atoms with Gasteiger partial charge in [0.25, 0.3) is 0 Å². The molecule has 94 valence electrons. The van der Waals surface area contributed by atoms with Gasteiger partial charge in [0.1, 0.15) is 5.01 Å². The summed E-state index contributed by atoms with van der Waals surface area (Å²) in [6.07, 6.45) is 3.59. The molecule has 1 heterocycles. The zero-order valence-electron chi connectivity index (χ0n) is 10.2. The Hall–Kier alpha value is -0.710. The Balaban J connectivity index is 2.02. The normalized spacial score (nSPS) is 18.7. The molecule has 0 spiro atoms. The standard InChI is InChI=1S/C14H15BrN2S/c1-16-11-6-3-7-12-13(11)18-14(17-12)9-4-2-5-10(15)8-9/h2,4-5,8,11,16H,3,6-7H2,1H3. The van der Waals surface area contributed by atoms with E-state index in [9.17, 15) is 0 Å². The smallest absolute Gasteiger partial charge is 0.123 e. The summed E-state index contributed by atoms with van der Waals surface area (Å²) in [6, 6.07) is 8.87. The van der Waals surface area contributed by atoms with Gasteiger partial charge in [0, 0.05) is 21.0 Å². The van der Waals surface area contributed by atoms with Crippen LogP contribution in [0.4, 0.5) is 0 Å². The minimum absolute atomic E-state index is 0.493. The van der Waals surface area contributed by atoms with Crippen molar-refractivity contribution in [2.45, 2.75) is 25.3 Å². The first-order chi connectivity index (χ1) is 8.78. The summed E-state index contributed by atoms with van der Waals surface area (Å²) in [6.45, 7) is 0. The molecule has 2 nitrogen and oxygen atoms in total. The molecule has 1 aromatic carbocycles. The van der Waals surface area contributed by atoms with E-state index < -0.39 is 0 Å². The Labute approximate surface area is 120 Å². The van der Waals surface area contributed by atoms with Crippen LogP contribution in [0.3, 0.4) is 0 Å². The van der Waals surface area contributed by atoms with E-state index in [2.05, 4.69) is 39.4 Å². The molecule has 1 unspecified atom stereocenters. The number of nitrogens with one attached hydrogen (secondary N) is 1. The summed E-state index contributed by atoms with van der Waals surface area (Å²) in [5.74, 6) is 0. The SMILES string of the molecule is CNC1CCCc2nc(-c3cccc(Br)c3)sc21. The second-order valence-corrected chi connectivity index (χ2v) is 6.52. The van der Waals surface area contributed by atoms with Crippen LogP contribution >= 0.6 is 27.3 Å². The molecule has 1 aromatic heterocycles. The minimum atomic E-state index is 0.493. The monoisotopic (exact) mass is 322 g/mol. The first kappa shape index (κ1) is 12.3. The molecule has 1 N–H and O–H groups in total. The number of rotatable bonds is 2. The average molecular weight is 323 g/mol.